The number of hydrogen-bond donors (Lipinski definition) is 0. The Morgan fingerprint density at radius 2 is 2.16 bits per heavy atom. The van der Waals surface area contributed by atoms with Crippen molar-refractivity contribution in [2.45, 2.75) is 32.7 Å². The first-order chi connectivity index (χ1) is 9.15. The van der Waals surface area contributed by atoms with Crippen molar-refractivity contribution < 1.29 is 0 Å². The molecule has 0 aliphatic heterocycles. The molecule has 0 radical (unpaired) electrons. The fraction of sp³-hybridized carbons (Fsp3) is 0.400. The van der Waals surface area contributed by atoms with E-state index >= 15 is 0 Å². The molecule has 2 aromatic rings. The van der Waals surface area contributed by atoms with Crippen LogP contribution in [0.25, 0.3) is 11.0 Å². The fourth-order valence-electron chi connectivity index (χ4n) is 2.55. The van der Waals surface area contributed by atoms with Crippen molar-refractivity contribution in [3.05, 3.63) is 40.3 Å². The van der Waals surface area contributed by atoms with Crippen molar-refractivity contribution in [3.8, 4) is 6.07 Å². The zero-order valence-electron chi connectivity index (χ0n) is 10.9. The highest BCUT2D eigenvalue weighted by Gasteiger charge is 2.43. The molecule has 1 fully saturated rings. The van der Waals surface area contributed by atoms with Gasteiger partial charge in [0.05, 0.1) is 17.1 Å². The van der Waals surface area contributed by atoms with E-state index in [4.69, 9.17) is 5.26 Å². The van der Waals surface area contributed by atoms with Crippen molar-refractivity contribution in [1.29, 1.82) is 5.26 Å². The average molecular weight is 253 g/mol. The lowest BCUT2D eigenvalue weighted by atomic mass is 10.0. The molecule has 96 valence electrons. The van der Waals surface area contributed by atoms with Gasteiger partial charge in [-0.3, -0.25) is 4.79 Å². The minimum atomic E-state index is -0.0390. The molecule has 1 heterocycles. The van der Waals surface area contributed by atoms with Crippen molar-refractivity contribution in [3.63, 3.8) is 0 Å². The molecule has 0 bridgehead atoms. The Labute approximate surface area is 111 Å². The first-order valence-electron chi connectivity index (χ1n) is 6.48. The first kappa shape index (κ1) is 11.9. The minimum Gasteiger partial charge on any atom is -0.305 e. The molecule has 1 aromatic carbocycles. The number of para-hydroxylation sites is 2. The normalized spacial score (nSPS) is 16.2. The van der Waals surface area contributed by atoms with Crippen LogP contribution >= 0.6 is 0 Å². The zero-order valence-corrected chi connectivity index (χ0v) is 10.9. The molecule has 0 unspecified atom stereocenters. The van der Waals surface area contributed by atoms with Crippen LogP contribution in [0.4, 0.5) is 0 Å². The van der Waals surface area contributed by atoms with Gasteiger partial charge in [-0.25, -0.2) is 4.98 Å². The van der Waals surface area contributed by atoms with Crippen LogP contribution in [0, 0.1) is 23.7 Å². The van der Waals surface area contributed by atoms with Gasteiger partial charge in [0.15, 0.2) is 0 Å². The molecule has 1 aliphatic rings. The quantitative estimate of drug-likeness (QED) is 0.844. The SMILES string of the molecule is Cc1nc2ccccc2n(CC2(CC#N)CC2)c1=O. The highest BCUT2D eigenvalue weighted by atomic mass is 16.1. The maximum absolute atomic E-state index is 12.3. The lowest BCUT2D eigenvalue weighted by molar-refractivity contribution is 0.430. The van der Waals surface area contributed by atoms with Gasteiger partial charge in [0.25, 0.3) is 5.56 Å². The van der Waals surface area contributed by atoms with Crippen LogP contribution in [0.2, 0.25) is 0 Å². The summed E-state index contributed by atoms with van der Waals surface area (Å²) in [5.41, 5.74) is 2.19. The number of benzene rings is 1. The highest BCUT2D eigenvalue weighted by Crippen LogP contribution is 2.49. The smallest absolute Gasteiger partial charge is 0.272 e. The maximum atomic E-state index is 12.3. The Balaban J connectivity index is 2.15. The number of nitriles is 1. The Bertz CT molecular complexity index is 735. The van der Waals surface area contributed by atoms with Crippen LogP contribution in [0.3, 0.4) is 0 Å². The second kappa shape index (κ2) is 4.20. The molecular formula is C15H15N3O. The Morgan fingerprint density at radius 1 is 1.42 bits per heavy atom. The molecule has 0 amide bonds. The van der Waals surface area contributed by atoms with Gasteiger partial charge >= 0.3 is 0 Å². The van der Waals surface area contributed by atoms with E-state index in [0.717, 1.165) is 23.9 Å². The summed E-state index contributed by atoms with van der Waals surface area (Å²) in [7, 11) is 0. The standard InChI is InChI=1S/C15H15N3O/c1-11-14(19)18(10-15(6-7-15)8-9-16)13-5-3-2-4-12(13)17-11/h2-5H,6-8,10H2,1H3. The lowest BCUT2D eigenvalue weighted by Gasteiger charge is -2.16. The van der Waals surface area contributed by atoms with Gasteiger partial charge in [0, 0.05) is 18.4 Å². The molecule has 1 aliphatic carbocycles. The number of hydrogen-bond acceptors (Lipinski definition) is 3. The van der Waals surface area contributed by atoms with Gasteiger partial charge in [-0.05, 0) is 31.9 Å². The fourth-order valence-corrected chi connectivity index (χ4v) is 2.55. The van der Waals surface area contributed by atoms with Gasteiger partial charge < -0.3 is 4.57 Å². The van der Waals surface area contributed by atoms with E-state index in [2.05, 4.69) is 11.1 Å². The van der Waals surface area contributed by atoms with Crippen LogP contribution in [-0.4, -0.2) is 9.55 Å². The summed E-state index contributed by atoms with van der Waals surface area (Å²) >= 11 is 0. The maximum Gasteiger partial charge on any atom is 0.272 e. The summed E-state index contributed by atoms with van der Waals surface area (Å²) in [6, 6.07) is 9.92. The van der Waals surface area contributed by atoms with E-state index in [1.807, 2.05) is 24.3 Å². The van der Waals surface area contributed by atoms with E-state index in [1.165, 1.54) is 0 Å². The van der Waals surface area contributed by atoms with Gasteiger partial charge in [-0.1, -0.05) is 12.1 Å². The van der Waals surface area contributed by atoms with Crippen LogP contribution < -0.4 is 5.56 Å². The summed E-state index contributed by atoms with van der Waals surface area (Å²) in [5, 5.41) is 8.91. The van der Waals surface area contributed by atoms with Crippen LogP contribution in [0.15, 0.2) is 29.1 Å². The third-order valence-electron chi connectivity index (χ3n) is 3.92. The molecule has 3 rings (SSSR count). The van der Waals surface area contributed by atoms with Gasteiger partial charge in [-0.15, -0.1) is 0 Å². The number of fused-ring (bicyclic) bond motifs is 1. The third-order valence-corrected chi connectivity index (χ3v) is 3.92. The van der Waals surface area contributed by atoms with E-state index in [9.17, 15) is 4.79 Å². The van der Waals surface area contributed by atoms with E-state index < -0.39 is 0 Å². The van der Waals surface area contributed by atoms with Gasteiger partial charge in [0.2, 0.25) is 0 Å². The number of aromatic nitrogens is 2. The van der Waals surface area contributed by atoms with Crippen LogP contribution in [0.5, 0.6) is 0 Å². The van der Waals surface area contributed by atoms with Crippen LogP contribution in [0.1, 0.15) is 25.0 Å². The lowest BCUT2D eigenvalue weighted by Crippen LogP contribution is -2.27. The summed E-state index contributed by atoms with van der Waals surface area (Å²) < 4.78 is 1.79. The molecule has 4 nitrogen and oxygen atoms in total. The summed E-state index contributed by atoms with van der Waals surface area (Å²) in [6.45, 7) is 2.37. The third kappa shape index (κ3) is 2.01. The summed E-state index contributed by atoms with van der Waals surface area (Å²) in [6.07, 6.45) is 2.58. The predicted octanol–water partition coefficient (Wildman–Crippen LogP) is 2.40. The van der Waals surface area contributed by atoms with Crippen LogP contribution in [-0.2, 0) is 6.54 Å². The van der Waals surface area contributed by atoms with Crippen molar-refractivity contribution in [2.24, 2.45) is 5.41 Å². The molecule has 1 aromatic heterocycles. The van der Waals surface area contributed by atoms with Gasteiger partial charge in [-0.2, -0.15) is 5.26 Å². The van der Waals surface area contributed by atoms with Gasteiger partial charge in [0.1, 0.15) is 5.69 Å². The second-order valence-corrected chi connectivity index (χ2v) is 5.41. The molecule has 19 heavy (non-hydrogen) atoms. The number of aryl methyl sites for hydroxylation is 1. The van der Waals surface area contributed by atoms with E-state index in [-0.39, 0.29) is 11.0 Å². The Morgan fingerprint density at radius 3 is 2.84 bits per heavy atom. The van der Waals surface area contributed by atoms with Crippen molar-refractivity contribution in [1.82, 2.24) is 9.55 Å². The number of rotatable bonds is 3. The average Bonchev–Trinajstić information content (AvgIpc) is 3.15. The predicted molar refractivity (Wildman–Crippen MR) is 72.6 cm³/mol. The first-order valence-corrected chi connectivity index (χ1v) is 6.48. The molecule has 0 spiro atoms. The minimum absolute atomic E-state index is 0.00907. The van der Waals surface area contributed by atoms with E-state index in [1.54, 1.807) is 11.5 Å². The molecule has 1 saturated carbocycles. The molecular weight excluding hydrogens is 238 g/mol. The monoisotopic (exact) mass is 253 g/mol. The second-order valence-electron chi connectivity index (χ2n) is 5.41. The summed E-state index contributed by atoms with van der Waals surface area (Å²) in [5.74, 6) is 0. The van der Waals surface area contributed by atoms with Crippen molar-refractivity contribution >= 4 is 11.0 Å². The largest absolute Gasteiger partial charge is 0.305 e. The molecule has 0 N–H and O–H groups in total. The van der Waals surface area contributed by atoms with E-state index in [0.29, 0.717) is 18.7 Å². The zero-order chi connectivity index (χ0) is 13.5. The number of nitrogens with zero attached hydrogens (tertiary/aromatic N) is 3. The highest BCUT2D eigenvalue weighted by molar-refractivity contribution is 5.74. The topological polar surface area (TPSA) is 58.7 Å². The summed E-state index contributed by atoms with van der Waals surface area (Å²) in [4.78, 5) is 16.6. The molecule has 4 heteroatoms. The Hall–Kier alpha value is -2.15. The molecule has 0 atom stereocenters. The van der Waals surface area contributed by atoms with Crippen molar-refractivity contribution in [2.75, 3.05) is 0 Å². The Kier molecular flexibility index (Phi) is 2.63. The molecule has 0 saturated heterocycles.